The minimum atomic E-state index is -2.23. The van der Waals surface area contributed by atoms with Crippen molar-refractivity contribution in [2.75, 3.05) is 44.0 Å². The molecule has 3 amide bonds. The molecule has 2 aromatic carbocycles. The molecule has 0 aromatic heterocycles. The fourth-order valence-corrected chi connectivity index (χ4v) is 3.82. The Labute approximate surface area is 190 Å². The predicted molar refractivity (Wildman–Crippen MR) is 123 cm³/mol. The van der Waals surface area contributed by atoms with Gasteiger partial charge in [-0.15, -0.1) is 0 Å². The number of carbonyl (C=O) groups is 2. The van der Waals surface area contributed by atoms with Crippen LogP contribution in [-0.2, 0) is 10.5 Å². The first-order valence-electron chi connectivity index (χ1n) is 10.1. The summed E-state index contributed by atoms with van der Waals surface area (Å²) in [7, 11) is 3.89. The summed E-state index contributed by atoms with van der Waals surface area (Å²) < 4.78 is 6.13. The first-order chi connectivity index (χ1) is 14.8. The molecule has 0 saturated carbocycles. The van der Waals surface area contributed by atoms with E-state index < -0.39 is 17.7 Å². The molecule has 1 heterocycles. The number of anilines is 2. The monoisotopic (exact) mass is 490 g/mol. The zero-order valence-electron chi connectivity index (χ0n) is 17.8. The van der Waals surface area contributed by atoms with Crippen molar-refractivity contribution < 1.29 is 19.4 Å². The SMILES string of the molecule is CCOc1ccc(N2C(=O)Nc3ccc(Br)cc3[C@@]2(O)C(=O)NCCCN(C)C)cc1. The number of hydrogen-bond donors (Lipinski definition) is 3. The Hall–Kier alpha value is -2.62. The summed E-state index contributed by atoms with van der Waals surface area (Å²) in [6.45, 7) is 3.52. The Bertz CT molecular complexity index is 951. The summed E-state index contributed by atoms with van der Waals surface area (Å²) in [5.41, 5.74) is -1.22. The first kappa shape index (κ1) is 23.1. The summed E-state index contributed by atoms with van der Waals surface area (Å²) in [6, 6.07) is 11.1. The molecular formula is C22H27BrN4O4. The summed E-state index contributed by atoms with van der Waals surface area (Å²) in [5.74, 6) is -0.0437. The number of carbonyl (C=O) groups excluding carboxylic acids is 2. The molecule has 3 N–H and O–H groups in total. The molecule has 8 nitrogen and oxygen atoms in total. The van der Waals surface area contributed by atoms with Gasteiger partial charge in [0.05, 0.1) is 12.3 Å². The van der Waals surface area contributed by atoms with Gasteiger partial charge in [0, 0.05) is 22.3 Å². The maximum absolute atomic E-state index is 13.3. The molecule has 0 bridgehead atoms. The molecule has 9 heteroatoms. The van der Waals surface area contributed by atoms with Crippen molar-refractivity contribution >= 4 is 39.2 Å². The summed E-state index contributed by atoms with van der Waals surface area (Å²) in [4.78, 5) is 29.4. The number of nitrogens with zero attached hydrogens (tertiary/aromatic N) is 2. The maximum atomic E-state index is 13.3. The van der Waals surface area contributed by atoms with Crippen LogP contribution in [0, 0.1) is 0 Å². The van der Waals surface area contributed by atoms with Gasteiger partial charge in [-0.3, -0.25) is 9.69 Å². The molecule has 0 spiro atoms. The Morgan fingerprint density at radius 2 is 1.97 bits per heavy atom. The molecule has 0 unspecified atom stereocenters. The van der Waals surface area contributed by atoms with Crippen molar-refractivity contribution in [2.45, 2.75) is 19.1 Å². The second kappa shape index (κ2) is 9.67. The Kier molecular flexibility index (Phi) is 7.19. The van der Waals surface area contributed by atoms with Gasteiger partial charge >= 0.3 is 6.03 Å². The van der Waals surface area contributed by atoms with E-state index in [-0.39, 0.29) is 5.56 Å². The van der Waals surface area contributed by atoms with E-state index in [0.29, 0.717) is 41.2 Å². The number of benzene rings is 2. The van der Waals surface area contributed by atoms with Gasteiger partial charge in [0.1, 0.15) is 5.75 Å². The van der Waals surface area contributed by atoms with Crippen LogP contribution in [0.2, 0.25) is 0 Å². The molecule has 1 aliphatic heterocycles. The lowest BCUT2D eigenvalue weighted by molar-refractivity contribution is -0.140. The van der Waals surface area contributed by atoms with E-state index in [0.717, 1.165) is 11.4 Å². The second-order valence-electron chi connectivity index (χ2n) is 7.47. The number of hydrogen-bond acceptors (Lipinski definition) is 5. The lowest BCUT2D eigenvalue weighted by Crippen LogP contribution is -2.62. The molecule has 0 saturated heterocycles. The van der Waals surface area contributed by atoms with Gasteiger partial charge in [-0.25, -0.2) is 4.79 Å². The zero-order chi connectivity index (χ0) is 22.6. The average Bonchev–Trinajstić information content (AvgIpc) is 2.73. The van der Waals surface area contributed by atoms with Crippen LogP contribution in [0.25, 0.3) is 0 Å². The number of urea groups is 1. The van der Waals surface area contributed by atoms with E-state index in [2.05, 4.69) is 26.6 Å². The van der Waals surface area contributed by atoms with Gasteiger partial charge in [-0.2, -0.15) is 0 Å². The van der Waals surface area contributed by atoms with Crippen LogP contribution in [0.15, 0.2) is 46.9 Å². The fourth-order valence-electron chi connectivity index (χ4n) is 3.46. The van der Waals surface area contributed by atoms with Crippen LogP contribution in [0.1, 0.15) is 18.9 Å². The average molecular weight is 491 g/mol. The normalized spacial score (nSPS) is 17.9. The highest BCUT2D eigenvalue weighted by Gasteiger charge is 2.52. The number of halogens is 1. The third kappa shape index (κ3) is 4.84. The van der Waals surface area contributed by atoms with Crippen LogP contribution in [0.4, 0.5) is 16.2 Å². The van der Waals surface area contributed by atoms with E-state index in [1.54, 1.807) is 42.5 Å². The minimum absolute atomic E-state index is 0.278. The van der Waals surface area contributed by atoms with Crippen LogP contribution >= 0.6 is 15.9 Å². The van der Waals surface area contributed by atoms with Gasteiger partial charge in [0.2, 0.25) is 0 Å². The van der Waals surface area contributed by atoms with E-state index in [1.165, 1.54) is 0 Å². The van der Waals surface area contributed by atoms with Gasteiger partial charge in [-0.1, -0.05) is 15.9 Å². The van der Waals surface area contributed by atoms with Gasteiger partial charge in [-0.05, 0) is 76.4 Å². The molecule has 0 fully saturated rings. The smallest absolute Gasteiger partial charge is 0.329 e. The van der Waals surface area contributed by atoms with Crippen LogP contribution in [0.3, 0.4) is 0 Å². The summed E-state index contributed by atoms with van der Waals surface area (Å²) in [6.07, 6.45) is 0.704. The van der Waals surface area contributed by atoms with E-state index in [1.807, 2.05) is 25.9 Å². The first-order valence-corrected chi connectivity index (χ1v) is 10.9. The van der Waals surface area contributed by atoms with Crippen LogP contribution < -0.4 is 20.3 Å². The largest absolute Gasteiger partial charge is 0.494 e. The Balaban J connectivity index is 2.00. The highest BCUT2D eigenvalue weighted by molar-refractivity contribution is 9.10. The van der Waals surface area contributed by atoms with Gasteiger partial charge in [0.25, 0.3) is 11.6 Å². The summed E-state index contributed by atoms with van der Waals surface area (Å²) in [5, 5.41) is 17.3. The quantitative estimate of drug-likeness (QED) is 0.494. The van der Waals surface area contributed by atoms with Crippen molar-refractivity contribution in [1.29, 1.82) is 0 Å². The number of aliphatic hydroxyl groups is 1. The van der Waals surface area contributed by atoms with Crippen molar-refractivity contribution in [1.82, 2.24) is 10.2 Å². The van der Waals surface area contributed by atoms with Crippen LogP contribution in [0.5, 0.6) is 5.75 Å². The molecular weight excluding hydrogens is 464 g/mol. The molecule has 3 rings (SSSR count). The predicted octanol–water partition coefficient (Wildman–Crippen LogP) is 3.11. The van der Waals surface area contributed by atoms with E-state index in [9.17, 15) is 14.7 Å². The lowest BCUT2D eigenvalue weighted by atomic mass is 9.94. The third-order valence-electron chi connectivity index (χ3n) is 4.92. The van der Waals surface area contributed by atoms with Crippen molar-refractivity contribution in [3.63, 3.8) is 0 Å². The number of fused-ring (bicyclic) bond motifs is 1. The number of rotatable bonds is 8. The van der Waals surface area contributed by atoms with Gasteiger partial charge < -0.3 is 25.4 Å². The van der Waals surface area contributed by atoms with Crippen molar-refractivity contribution in [3.8, 4) is 5.75 Å². The summed E-state index contributed by atoms with van der Waals surface area (Å²) >= 11 is 3.39. The highest BCUT2D eigenvalue weighted by atomic mass is 79.9. The number of amides is 3. The third-order valence-corrected chi connectivity index (χ3v) is 5.41. The number of nitrogens with one attached hydrogen (secondary N) is 2. The topological polar surface area (TPSA) is 94.1 Å². The second-order valence-corrected chi connectivity index (χ2v) is 8.38. The van der Waals surface area contributed by atoms with Crippen LogP contribution in [-0.4, -0.2) is 55.7 Å². The van der Waals surface area contributed by atoms with Crippen molar-refractivity contribution in [2.24, 2.45) is 0 Å². The Morgan fingerprint density at radius 1 is 1.26 bits per heavy atom. The zero-order valence-corrected chi connectivity index (χ0v) is 19.4. The highest BCUT2D eigenvalue weighted by Crippen LogP contribution is 2.41. The van der Waals surface area contributed by atoms with E-state index >= 15 is 0 Å². The van der Waals surface area contributed by atoms with Gasteiger partial charge in [0.15, 0.2) is 0 Å². The molecule has 1 atom stereocenters. The number of ether oxygens (including phenoxy) is 1. The van der Waals surface area contributed by atoms with E-state index in [4.69, 9.17) is 4.74 Å². The van der Waals surface area contributed by atoms with Crippen molar-refractivity contribution in [3.05, 3.63) is 52.5 Å². The molecule has 1 aliphatic rings. The molecule has 0 radical (unpaired) electrons. The lowest BCUT2D eigenvalue weighted by Gasteiger charge is -2.42. The molecule has 0 aliphatic carbocycles. The fraction of sp³-hybridized carbons (Fsp3) is 0.364. The standard InChI is InChI=1S/C22H27BrN4O4/c1-4-31-17-9-7-16(8-10-17)27-21(29)25-19-11-6-15(23)14-18(19)22(27,30)20(28)24-12-5-13-26(2)3/h6-11,14,30H,4-5,12-13H2,1-3H3,(H,24,28)(H,25,29)/t22-/m1/s1. The molecule has 166 valence electrons. The maximum Gasteiger partial charge on any atom is 0.329 e. The molecule has 31 heavy (non-hydrogen) atoms. The Morgan fingerprint density at radius 3 is 2.61 bits per heavy atom. The molecule has 2 aromatic rings. The minimum Gasteiger partial charge on any atom is -0.494 e.